The summed E-state index contributed by atoms with van der Waals surface area (Å²) in [5.74, 6) is 1.33. The van der Waals surface area contributed by atoms with E-state index < -0.39 is 12.0 Å². The van der Waals surface area contributed by atoms with Crippen molar-refractivity contribution in [3.05, 3.63) is 83.0 Å². The zero-order chi connectivity index (χ0) is 26.7. The summed E-state index contributed by atoms with van der Waals surface area (Å²) in [6.07, 6.45) is 1.78. The summed E-state index contributed by atoms with van der Waals surface area (Å²) >= 11 is 4.83. The molecule has 4 rings (SSSR count). The van der Waals surface area contributed by atoms with Gasteiger partial charge in [-0.05, 0) is 62.2 Å². The van der Waals surface area contributed by atoms with E-state index in [9.17, 15) is 9.59 Å². The molecule has 0 radical (unpaired) electrons. The van der Waals surface area contributed by atoms with Crippen LogP contribution in [0.4, 0.5) is 0 Å². The molecule has 1 atom stereocenters. The maximum absolute atomic E-state index is 13.8. The van der Waals surface area contributed by atoms with Crippen molar-refractivity contribution in [3.8, 4) is 17.2 Å². The molecule has 2 aromatic carbocycles. The van der Waals surface area contributed by atoms with Gasteiger partial charge in [-0.3, -0.25) is 9.36 Å². The Bertz CT molecular complexity index is 1540. The van der Waals surface area contributed by atoms with Gasteiger partial charge >= 0.3 is 5.97 Å². The Morgan fingerprint density at radius 3 is 2.46 bits per heavy atom. The third-order valence-corrected chi connectivity index (χ3v) is 7.49. The Hall–Kier alpha value is -3.37. The number of rotatable bonds is 8. The number of hydrogen-bond acceptors (Lipinski definition) is 8. The number of ether oxygens (including phenoxy) is 4. The molecule has 37 heavy (non-hydrogen) atoms. The van der Waals surface area contributed by atoms with Crippen LogP contribution in [0, 0.1) is 0 Å². The molecule has 0 saturated carbocycles. The van der Waals surface area contributed by atoms with Crippen molar-refractivity contribution in [2.45, 2.75) is 26.8 Å². The van der Waals surface area contributed by atoms with Gasteiger partial charge in [0.15, 0.2) is 16.3 Å². The molecular weight excluding hydrogens is 560 g/mol. The van der Waals surface area contributed by atoms with Crippen LogP contribution >= 0.6 is 27.3 Å². The second kappa shape index (κ2) is 11.4. The van der Waals surface area contributed by atoms with Gasteiger partial charge in [0.05, 0.1) is 49.3 Å². The van der Waals surface area contributed by atoms with Crippen molar-refractivity contribution in [3.63, 3.8) is 0 Å². The summed E-state index contributed by atoms with van der Waals surface area (Å²) in [6, 6.07) is 10.2. The fraction of sp³-hybridized carbons (Fsp3) is 0.296. The smallest absolute Gasteiger partial charge is 0.338 e. The van der Waals surface area contributed by atoms with Gasteiger partial charge in [0, 0.05) is 4.47 Å². The number of allylic oxidation sites excluding steroid dienone is 1. The lowest BCUT2D eigenvalue weighted by molar-refractivity contribution is -0.139. The lowest BCUT2D eigenvalue weighted by Gasteiger charge is -2.24. The highest BCUT2D eigenvalue weighted by atomic mass is 79.9. The Kier molecular flexibility index (Phi) is 8.19. The van der Waals surface area contributed by atoms with E-state index in [-0.39, 0.29) is 12.2 Å². The van der Waals surface area contributed by atoms with Crippen LogP contribution in [0.3, 0.4) is 0 Å². The minimum atomic E-state index is -0.693. The largest absolute Gasteiger partial charge is 0.497 e. The van der Waals surface area contributed by atoms with Crippen molar-refractivity contribution >= 4 is 39.3 Å². The predicted molar refractivity (Wildman–Crippen MR) is 145 cm³/mol. The van der Waals surface area contributed by atoms with Gasteiger partial charge in [0.25, 0.3) is 5.56 Å². The number of carbonyl (C=O) groups is 1. The van der Waals surface area contributed by atoms with Gasteiger partial charge in [-0.15, -0.1) is 0 Å². The first kappa shape index (κ1) is 26.7. The molecule has 0 bridgehead atoms. The van der Waals surface area contributed by atoms with Gasteiger partial charge in [-0.2, -0.15) is 0 Å². The number of benzene rings is 2. The number of hydrogen-bond donors (Lipinski definition) is 0. The van der Waals surface area contributed by atoms with Crippen LogP contribution in [-0.2, 0) is 9.53 Å². The normalized spacial score (nSPS) is 15.2. The molecule has 0 N–H and O–H groups in total. The molecule has 2 heterocycles. The third-order valence-electron chi connectivity index (χ3n) is 5.82. The van der Waals surface area contributed by atoms with E-state index in [4.69, 9.17) is 18.9 Å². The van der Waals surface area contributed by atoms with E-state index in [1.807, 2.05) is 31.2 Å². The predicted octanol–water partition coefficient (Wildman–Crippen LogP) is 3.98. The molecule has 194 valence electrons. The van der Waals surface area contributed by atoms with E-state index in [0.29, 0.717) is 44.5 Å². The van der Waals surface area contributed by atoms with Crippen molar-refractivity contribution < 1.29 is 23.7 Å². The van der Waals surface area contributed by atoms with Gasteiger partial charge in [-0.25, -0.2) is 9.79 Å². The fourth-order valence-corrected chi connectivity index (χ4v) is 5.60. The van der Waals surface area contributed by atoms with Crippen LogP contribution in [0.5, 0.6) is 17.2 Å². The highest BCUT2D eigenvalue weighted by molar-refractivity contribution is 9.10. The standard InChI is InChI=1S/C27H27BrN2O6S/c1-6-35-21-14-19(28)17(12-20(21)34-5)13-22-25(31)30-24(16-8-10-18(33-4)11-9-16)23(26(32)36-7-2)15(3)29-27(30)37-22/h8-14,24H,6-7H2,1-5H3/b22-13+/t24-/m1/s1. The maximum atomic E-state index is 13.8. The molecular formula is C27H27BrN2O6S. The Morgan fingerprint density at radius 1 is 1.11 bits per heavy atom. The van der Waals surface area contributed by atoms with Gasteiger partial charge in [0.1, 0.15) is 5.75 Å². The first-order valence-electron chi connectivity index (χ1n) is 11.7. The van der Waals surface area contributed by atoms with Crippen molar-refractivity contribution in [2.24, 2.45) is 4.99 Å². The number of esters is 1. The Labute approximate surface area is 226 Å². The number of carbonyl (C=O) groups excluding carboxylic acids is 1. The average Bonchev–Trinajstić information content (AvgIpc) is 3.19. The summed E-state index contributed by atoms with van der Waals surface area (Å²) in [6.45, 7) is 6.10. The highest BCUT2D eigenvalue weighted by Gasteiger charge is 2.33. The molecule has 0 aliphatic carbocycles. The average molecular weight is 587 g/mol. The number of thiazole rings is 1. The van der Waals surface area contributed by atoms with Crippen LogP contribution in [0.25, 0.3) is 6.08 Å². The molecule has 1 aromatic heterocycles. The van der Waals surface area contributed by atoms with E-state index in [1.54, 1.807) is 50.8 Å². The topological polar surface area (TPSA) is 88.4 Å². The number of aromatic nitrogens is 1. The number of nitrogens with zero attached hydrogens (tertiary/aromatic N) is 2. The van der Waals surface area contributed by atoms with Crippen molar-refractivity contribution in [1.82, 2.24) is 4.57 Å². The molecule has 0 amide bonds. The SMILES string of the molecule is CCOC(=O)C1=C(C)N=c2s/c(=C/c3cc(OC)c(OCC)cc3Br)c(=O)n2[C@@H]1c1ccc(OC)cc1. The second-order valence-corrected chi connectivity index (χ2v) is 9.90. The van der Waals surface area contributed by atoms with Gasteiger partial charge in [-0.1, -0.05) is 39.4 Å². The lowest BCUT2D eigenvalue weighted by Crippen LogP contribution is -2.39. The van der Waals surface area contributed by atoms with Gasteiger partial charge < -0.3 is 18.9 Å². The van der Waals surface area contributed by atoms with E-state index in [0.717, 1.165) is 15.6 Å². The molecule has 1 aliphatic rings. The second-order valence-electron chi connectivity index (χ2n) is 8.03. The van der Waals surface area contributed by atoms with Crippen molar-refractivity contribution in [2.75, 3.05) is 27.4 Å². The number of fused-ring (bicyclic) bond motifs is 1. The maximum Gasteiger partial charge on any atom is 0.338 e. The Morgan fingerprint density at radius 2 is 1.84 bits per heavy atom. The van der Waals surface area contributed by atoms with E-state index in [2.05, 4.69) is 20.9 Å². The van der Waals surface area contributed by atoms with Crippen LogP contribution in [-0.4, -0.2) is 38.0 Å². The summed E-state index contributed by atoms with van der Waals surface area (Å²) in [7, 11) is 3.15. The summed E-state index contributed by atoms with van der Waals surface area (Å²) in [5, 5.41) is 0. The van der Waals surface area contributed by atoms with E-state index in [1.165, 1.54) is 11.3 Å². The molecule has 0 saturated heterocycles. The molecule has 0 fully saturated rings. The molecule has 10 heteroatoms. The van der Waals surface area contributed by atoms with Crippen LogP contribution in [0.1, 0.15) is 37.9 Å². The third kappa shape index (κ3) is 5.21. The van der Waals surface area contributed by atoms with Crippen molar-refractivity contribution in [1.29, 1.82) is 0 Å². The molecule has 1 aliphatic heterocycles. The van der Waals surface area contributed by atoms with Crippen LogP contribution in [0.15, 0.2) is 61.9 Å². The minimum absolute atomic E-state index is 0.211. The summed E-state index contributed by atoms with van der Waals surface area (Å²) < 4.78 is 24.5. The zero-order valence-electron chi connectivity index (χ0n) is 21.2. The Balaban J connectivity index is 1.92. The first-order chi connectivity index (χ1) is 17.8. The molecule has 0 spiro atoms. The zero-order valence-corrected chi connectivity index (χ0v) is 23.6. The molecule has 8 nitrogen and oxygen atoms in total. The quantitative estimate of drug-likeness (QED) is 0.371. The number of methoxy groups -OCH3 is 2. The highest BCUT2D eigenvalue weighted by Crippen LogP contribution is 2.34. The molecule has 0 unspecified atom stereocenters. The summed E-state index contributed by atoms with van der Waals surface area (Å²) in [4.78, 5) is 31.9. The van der Waals surface area contributed by atoms with Gasteiger partial charge in [0.2, 0.25) is 0 Å². The molecule has 3 aromatic rings. The first-order valence-corrected chi connectivity index (χ1v) is 13.3. The fourth-order valence-electron chi connectivity index (χ4n) is 4.12. The van der Waals surface area contributed by atoms with Crippen LogP contribution in [0.2, 0.25) is 0 Å². The monoisotopic (exact) mass is 586 g/mol. The lowest BCUT2D eigenvalue weighted by atomic mass is 9.96. The summed E-state index contributed by atoms with van der Waals surface area (Å²) in [5.41, 5.74) is 2.06. The minimum Gasteiger partial charge on any atom is -0.497 e. The van der Waals surface area contributed by atoms with E-state index >= 15 is 0 Å². The number of halogens is 1. The van der Waals surface area contributed by atoms with Crippen LogP contribution < -0.4 is 29.1 Å².